The lowest BCUT2D eigenvalue weighted by molar-refractivity contribution is 0.794. The number of aromatic nitrogens is 3. The minimum atomic E-state index is -0.439. The summed E-state index contributed by atoms with van der Waals surface area (Å²) in [5, 5.41) is 0. The molecule has 284 valence electrons. The first kappa shape index (κ1) is 35.0. The van der Waals surface area contributed by atoms with E-state index < -0.39 is 5.41 Å². The highest BCUT2D eigenvalue weighted by Crippen LogP contribution is 2.64. The fourth-order valence-corrected chi connectivity index (χ4v) is 9.97. The van der Waals surface area contributed by atoms with Crippen molar-refractivity contribution in [1.29, 1.82) is 0 Å². The van der Waals surface area contributed by atoms with Gasteiger partial charge in [-0.05, 0) is 90.0 Å². The van der Waals surface area contributed by atoms with Gasteiger partial charge in [0.05, 0.1) is 5.41 Å². The van der Waals surface area contributed by atoms with E-state index in [1.807, 2.05) is 12.1 Å². The monoisotopic (exact) mass is 775 g/mol. The molecule has 0 aliphatic heterocycles. The zero-order valence-corrected chi connectivity index (χ0v) is 33.2. The lowest BCUT2D eigenvalue weighted by Gasteiger charge is -2.30. The van der Waals surface area contributed by atoms with E-state index >= 15 is 0 Å². The first-order valence-electron chi connectivity index (χ1n) is 20.9. The van der Waals surface area contributed by atoms with Gasteiger partial charge in [0, 0.05) is 16.7 Å². The zero-order chi connectivity index (χ0) is 40.3. The lowest BCUT2D eigenvalue weighted by Crippen LogP contribution is -2.25. The number of benzene rings is 9. The second-order valence-electron chi connectivity index (χ2n) is 15.9. The Morgan fingerprint density at radius 1 is 0.230 bits per heavy atom. The Kier molecular flexibility index (Phi) is 8.07. The third kappa shape index (κ3) is 5.48. The maximum Gasteiger partial charge on any atom is 0.164 e. The van der Waals surface area contributed by atoms with Crippen LogP contribution in [0.4, 0.5) is 0 Å². The van der Waals surface area contributed by atoms with E-state index in [0.717, 1.165) is 50.1 Å². The average Bonchev–Trinajstić information content (AvgIpc) is 3.82. The molecule has 9 aromatic carbocycles. The highest BCUT2D eigenvalue weighted by Gasteiger charge is 2.52. The predicted octanol–water partition coefficient (Wildman–Crippen LogP) is 14.2. The largest absolute Gasteiger partial charge is 0.208 e. The molecule has 0 saturated carbocycles. The number of hydrogen-bond donors (Lipinski definition) is 0. The van der Waals surface area contributed by atoms with Gasteiger partial charge in [-0.2, -0.15) is 0 Å². The van der Waals surface area contributed by atoms with Crippen LogP contribution in [0.1, 0.15) is 22.3 Å². The highest BCUT2D eigenvalue weighted by atomic mass is 15.0. The molecule has 3 heteroatoms. The first-order chi connectivity index (χ1) is 30.3. The zero-order valence-electron chi connectivity index (χ0n) is 33.2. The molecular weight excluding hydrogens is 739 g/mol. The summed E-state index contributed by atoms with van der Waals surface area (Å²) in [6.45, 7) is 0. The molecule has 3 nitrogen and oxygen atoms in total. The van der Waals surface area contributed by atoms with Gasteiger partial charge in [0.1, 0.15) is 0 Å². The van der Waals surface area contributed by atoms with Gasteiger partial charge in [0.25, 0.3) is 0 Å². The molecule has 0 atom stereocenters. The van der Waals surface area contributed by atoms with E-state index in [4.69, 9.17) is 15.0 Å². The summed E-state index contributed by atoms with van der Waals surface area (Å²) in [7, 11) is 0. The van der Waals surface area contributed by atoms with Crippen molar-refractivity contribution in [3.05, 3.63) is 247 Å². The van der Waals surface area contributed by atoms with E-state index in [-0.39, 0.29) is 0 Å². The predicted molar refractivity (Wildman–Crippen MR) is 249 cm³/mol. The van der Waals surface area contributed by atoms with Crippen LogP contribution >= 0.6 is 0 Å². The topological polar surface area (TPSA) is 38.7 Å². The minimum absolute atomic E-state index is 0.439. The Hall–Kier alpha value is -8.01. The molecule has 10 aromatic rings. The van der Waals surface area contributed by atoms with Gasteiger partial charge in [-0.25, -0.2) is 15.0 Å². The van der Waals surface area contributed by atoms with Crippen LogP contribution in [0.5, 0.6) is 0 Å². The Morgan fingerprint density at radius 2 is 0.590 bits per heavy atom. The van der Waals surface area contributed by atoms with Crippen LogP contribution in [0.2, 0.25) is 0 Å². The van der Waals surface area contributed by atoms with E-state index in [2.05, 4.69) is 212 Å². The molecular formula is C58H37N3. The Bertz CT molecular complexity index is 3170. The van der Waals surface area contributed by atoms with Crippen molar-refractivity contribution < 1.29 is 0 Å². The van der Waals surface area contributed by atoms with E-state index in [1.54, 1.807) is 0 Å². The van der Waals surface area contributed by atoms with Gasteiger partial charge in [0.2, 0.25) is 0 Å². The molecule has 12 rings (SSSR count). The smallest absolute Gasteiger partial charge is 0.164 e. The SMILES string of the molecule is c1ccc(-c2cccc(-c3nc(-c4cccc(-c5ccccc5)c4)nc(-c4ccccc4-c4cccc5c4-c4ccccc4C54c5ccccc5-c5ccccc54)n3)c2)cc1. The molecule has 0 amide bonds. The normalized spacial score (nSPS) is 12.7. The molecule has 1 spiro atoms. The van der Waals surface area contributed by atoms with Crippen LogP contribution in [0.25, 0.3) is 89.8 Å². The minimum Gasteiger partial charge on any atom is -0.208 e. The van der Waals surface area contributed by atoms with E-state index in [0.29, 0.717) is 17.5 Å². The van der Waals surface area contributed by atoms with Gasteiger partial charge < -0.3 is 0 Å². The lowest BCUT2D eigenvalue weighted by atomic mass is 9.70. The second kappa shape index (κ2) is 14.1. The number of nitrogens with zero attached hydrogens (tertiary/aromatic N) is 3. The molecule has 1 heterocycles. The van der Waals surface area contributed by atoms with Gasteiger partial charge in [-0.3, -0.25) is 0 Å². The summed E-state index contributed by atoms with van der Waals surface area (Å²) >= 11 is 0. The molecule has 0 radical (unpaired) electrons. The third-order valence-electron chi connectivity index (χ3n) is 12.6. The molecule has 2 aliphatic carbocycles. The second-order valence-corrected chi connectivity index (χ2v) is 15.9. The molecule has 1 aromatic heterocycles. The van der Waals surface area contributed by atoms with Gasteiger partial charge >= 0.3 is 0 Å². The summed E-state index contributed by atoms with van der Waals surface area (Å²) in [5.41, 5.74) is 19.5. The summed E-state index contributed by atoms with van der Waals surface area (Å²) in [5.74, 6) is 1.87. The third-order valence-corrected chi connectivity index (χ3v) is 12.6. The van der Waals surface area contributed by atoms with Gasteiger partial charge in [-0.1, -0.05) is 212 Å². The van der Waals surface area contributed by atoms with Crippen molar-refractivity contribution >= 4 is 0 Å². The summed E-state index contributed by atoms with van der Waals surface area (Å²) in [4.78, 5) is 15.9. The van der Waals surface area contributed by atoms with Crippen molar-refractivity contribution in [2.45, 2.75) is 5.41 Å². The quantitative estimate of drug-likeness (QED) is 0.169. The molecule has 0 fully saturated rings. The molecule has 2 aliphatic rings. The fraction of sp³-hybridized carbons (Fsp3) is 0.0172. The van der Waals surface area contributed by atoms with Crippen LogP contribution < -0.4 is 0 Å². The maximum atomic E-state index is 5.35. The van der Waals surface area contributed by atoms with E-state index in [1.165, 1.54) is 44.5 Å². The fourth-order valence-electron chi connectivity index (χ4n) is 9.97. The van der Waals surface area contributed by atoms with Crippen LogP contribution in [0.15, 0.2) is 224 Å². The van der Waals surface area contributed by atoms with Gasteiger partial charge in [-0.15, -0.1) is 0 Å². The summed E-state index contributed by atoms with van der Waals surface area (Å²) < 4.78 is 0. The van der Waals surface area contributed by atoms with Crippen molar-refractivity contribution in [2.24, 2.45) is 0 Å². The number of rotatable bonds is 6. The summed E-state index contributed by atoms with van der Waals surface area (Å²) in [6, 6.07) is 80.3. The molecule has 61 heavy (non-hydrogen) atoms. The molecule has 0 unspecified atom stereocenters. The Labute approximate surface area is 355 Å². The van der Waals surface area contributed by atoms with Crippen LogP contribution in [0, 0.1) is 0 Å². The van der Waals surface area contributed by atoms with Crippen molar-refractivity contribution in [3.8, 4) is 89.8 Å². The van der Waals surface area contributed by atoms with E-state index in [9.17, 15) is 0 Å². The van der Waals surface area contributed by atoms with Crippen molar-refractivity contribution in [2.75, 3.05) is 0 Å². The molecule has 0 N–H and O–H groups in total. The average molecular weight is 776 g/mol. The Balaban J connectivity index is 1.08. The van der Waals surface area contributed by atoms with Crippen LogP contribution in [0.3, 0.4) is 0 Å². The van der Waals surface area contributed by atoms with Gasteiger partial charge in [0.15, 0.2) is 17.5 Å². The molecule has 0 bridgehead atoms. The highest BCUT2D eigenvalue weighted by molar-refractivity contribution is 6.01. The van der Waals surface area contributed by atoms with Crippen molar-refractivity contribution in [1.82, 2.24) is 15.0 Å². The summed E-state index contributed by atoms with van der Waals surface area (Å²) in [6.07, 6.45) is 0. The Morgan fingerprint density at radius 3 is 1.15 bits per heavy atom. The molecule has 0 saturated heterocycles. The van der Waals surface area contributed by atoms with Crippen LogP contribution in [-0.4, -0.2) is 15.0 Å². The maximum absolute atomic E-state index is 5.35. The number of fused-ring (bicyclic) bond motifs is 10. The first-order valence-corrected chi connectivity index (χ1v) is 20.9. The van der Waals surface area contributed by atoms with Crippen molar-refractivity contribution in [3.63, 3.8) is 0 Å². The van der Waals surface area contributed by atoms with Crippen LogP contribution in [-0.2, 0) is 5.41 Å². The standard InChI is InChI=1S/C58H37N3/c1-3-18-38(19-4-1)40-22-15-24-42(36-40)55-59-56(43-25-16-23-41(37-43)39-20-5-2-6-21-39)61-57(60-55)48-29-8-7-26-44(48)47-31-17-35-53-54(47)49-30-11-14-34-52(49)58(53)50-32-12-9-27-45(50)46-28-10-13-33-51(46)58/h1-37H. The number of hydrogen-bond acceptors (Lipinski definition) is 3.